The summed E-state index contributed by atoms with van der Waals surface area (Å²) in [4.78, 5) is 27.3. The molecule has 1 atom stereocenters. The summed E-state index contributed by atoms with van der Waals surface area (Å²) < 4.78 is 0. The molecule has 2 N–H and O–H groups in total. The summed E-state index contributed by atoms with van der Waals surface area (Å²) in [6.45, 7) is 5.49. The minimum atomic E-state index is -0.888. The van der Waals surface area contributed by atoms with E-state index in [4.69, 9.17) is 0 Å². The summed E-state index contributed by atoms with van der Waals surface area (Å²) in [7, 11) is 0. The third kappa shape index (κ3) is 3.23. The molecular weight excluding hydrogens is 294 g/mol. The number of nitrogens with one attached hydrogen (secondary N) is 1. The molecule has 2 aliphatic heterocycles. The van der Waals surface area contributed by atoms with Crippen LogP contribution in [0.5, 0.6) is 0 Å². The maximum atomic E-state index is 12.1. The third-order valence-corrected chi connectivity index (χ3v) is 4.52. The van der Waals surface area contributed by atoms with Crippen molar-refractivity contribution in [1.29, 1.82) is 0 Å². The van der Waals surface area contributed by atoms with Gasteiger partial charge in [0.25, 0.3) is 5.91 Å². The summed E-state index contributed by atoms with van der Waals surface area (Å²) >= 11 is 0. The van der Waals surface area contributed by atoms with E-state index in [9.17, 15) is 14.7 Å². The van der Waals surface area contributed by atoms with E-state index in [1.165, 1.54) is 11.1 Å². The lowest BCUT2D eigenvalue weighted by Crippen LogP contribution is -2.45. The lowest BCUT2D eigenvalue weighted by Gasteiger charge is -2.31. The van der Waals surface area contributed by atoms with Gasteiger partial charge in [0.15, 0.2) is 0 Å². The van der Waals surface area contributed by atoms with Gasteiger partial charge in [0.05, 0.1) is 12.6 Å². The number of hydrogen-bond acceptors (Lipinski definition) is 4. The van der Waals surface area contributed by atoms with Gasteiger partial charge in [-0.2, -0.15) is 0 Å². The van der Waals surface area contributed by atoms with Gasteiger partial charge in [-0.05, 0) is 31.4 Å². The van der Waals surface area contributed by atoms with Crippen LogP contribution in [0.3, 0.4) is 0 Å². The number of rotatable bonds is 4. The van der Waals surface area contributed by atoms with Gasteiger partial charge in [-0.3, -0.25) is 14.6 Å². The van der Waals surface area contributed by atoms with Gasteiger partial charge in [-0.15, -0.1) is 0 Å². The molecule has 0 spiro atoms. The number of aliphatic hydroxyl groups is 1. The van der Waals surface area contributed by atoms with Crippen molar-refractivity contribution >= 4 is 11.9 Å². The van der Waals surface area contributed by atoms with Crippen LogP contribution in [-0.4, -0.2) is 58.1 Å². The van der Waals surface area contributed by atoms with Gasteiger partial charge >= 0.3 is 6.03 Å². The standard InChI is InChI=1S/C17H23N3O3/c1-17(2)15(22)20(16(23)18-17)11-14(21)10-19-8-7-12-5-3-4-6-13(12)9-19/h3-6,14,21H,7-11H2,1-2H3,(H,18,23). The summed E-state index contributed by atoms with van der Waals surface area (Å²) in [5.41, 5.74) is 1.75. The van der Waals surface area contributed by atoms with E-state index in [1.54, 1.807) is 13.8 Å². The predicted octanol–water partition coefficient (Wildman–Crippen LogP) is 0.736. The summed E-state index contributed by atoms with van der Waals surface area (Å²) in [6, 6.07) is 7.88. The van der Waals surface area contributed by atoms with Crippen LogP contribution in [0.2, 0.25) is 0 Å². The number of fused-ring (bicyclic) bond motifs is 1. The molecule has 124 valence electrons. The molecule has 0 aromatic heterocycles. The summed E-state index contributed by atoms with van der Waals surface area (Å²) in [5, 5.41) is 12.9. The topological polar surface area (TPSA) is 72.9 Å². The van der Waals surface area contributed by atoms with Gasteiger partial charge < -0.3 is 10.4 Å². The fourth-order valence-corrected chi connectivity index (χ4v) is 3.26. The third-order valence-electron chi connectivity index (χ3n) is 4.52. The first-order chi connectivity index (χ1) is 10.9. The Bertz CT molecular complexity index is 629. The zero-order valence-corrected chi connectivity index (χ0v) is 13.6. The van der Waals surface area contributed by atoms with Gasteiger partial charge in [0.1, 0.15) is 5.54 Å². The Morgan fingerprint density at radius 2 is 1.91 bits per heavy atom. The number of hydrogen-bond donors (Lipinski definition) is 2. The van der Waals surface area contributed by atoms with Crippen molar-refractivity contribution < 1.29 is 14.7 Å². The number of β-amino-alcohol motifs (C(OH)–C–C–N with tert-alkyl or cyclic N) is 1. The highest BCUT2D eigenvalue weighted by Gasteiger charge is 2.44. The first kappa shape index (κ1) is 16.0. The fourth-order valence-electron chi connectivity index (χ4n) is 3.26. The van der Waals surface area contributed by atoms with Crippen LogP contribution in [0, 0.1) is 0 Å². The van der Waals surface area contributed by atoms with Crippen molar-refractivity contribution in [3.63, 3.8) is 0 Å². The van der Waals surface area contributed by atoms with Gasteiger partial charge in [-0.1, -0.05) is 24.3 Å². The van der Waals surface area contributed by atoms with E-state index < -0.39 is 17.7 Å². The Labute approximate surface area is 136 Å². The maximum Gasteiger partial charge on any atom is 0.325 e. The van der Waals surface area contributed by atoms with E-state index in [1.807, 2.05) is 12.1 Å². The molecule has 3 rings (SSSR count). The molecule has 0 aliphatic carbocycles. The Morgan fingerprint density at radius 1 is 1.22 bits per heavy atom. The van der Waals surface area contributed by atoms with Crippen LogP contribution < -0.4 is 5.32 Å². The molecule has 23 heavy (non-hydrogen) atoms. The molecule has 2 aliphatic rings. The second-order valence-electron chi connectivity index (χ2n) is 6.88. The molecule has 0 radical (unpaired) electrons. The smallest absolute Gasteiger partial charge is 0.325 e. The molecule has 1 fully saturated rings. The Balaban J connectivity index is 1.57. The average molecular weight is 317 g/mol. The first-order valence-corrected chi connectivity index (χ1v) is 7.98. The van der Waals surface area contributed by atoms with E-state index in [0.717, 1.165) is 24.4 Å². The molecular formula is C17H23N3O3. The van der Waals surface area contributed by atoms with Crippen molar-refractivity contribution in [2.24, 2.45) is 0 Å². The van der Waals surface area contributed by atoms with Crippen molar-refractivity contribution in [2.45, 2.75) is 38.5 Å². The number of amides is 3. The van der Waals surface area contributed by atoms with Crippen LogP contribution in [0.4, 0.5) is 4.79 Å². The second kappa shape index (κ2) is 5.94. The minimum absolute atomic E-state index is 0.0340. The summed E-state index contributed by atoms with van der Waals surface area (Å²) in [6.07, 6.45) is 0.211. The van der Waals surface area contributed by atoms with Crippen LogP contribution in [0.25, 0.3) is 0 Å². The molecule has 1 aromatic carbocycles. The van der Waals surface area contributed by atoms with E-state index in [2.05, 4.69) is 22.3 Å². The SMILES string of the molecule is CC1(C)NC(=O)N(CC(O)CN2CCc3ccccc3C2)C1=O. The maximum absolute atomic E-state index is 12.1. The van der Waals surface area contributed by atoms with E-state index in [-0.39, 0.29) is 12.5 Å². The second-order valence-corrected chi connectivity index (χ2v) is 6.88. The number of urea groups is 1. The van der Waals surface area contributed by atoms with Crippen molar-refractivity contribution in [1.82, 2.24) is 15.1 Å². The molecule has 3 amide bonds. The predicted molar refractivity (Wildman–Crippen MR) is 85.8 cm³/mol. The van der Waals surface area contributed by atoms with E-state index >= 15 is 0 Å². The van der Waals surface area contributed by atoms with Gasteiger partial charge in [-0.25, -0.2) is 4.79 Å². The molecule has 1 unspecified atom stereocenters. The quantitative estimate of drug-likeness (QED) is 0.803. The molecule has 6 heteroatoms. The average Bonchev–Trinajstić information content (AvgIpc) is 2.69. The molecule has 2 heterocycles. The highest BCUT2D eigenvalue weighted by atomic mass is 16.3. The zero-order valence-electron chi connectivity index (χ0n) is 13.6. The molecule has 6 nitrogen and oxygen atoms in total. The number of benzene rings is 1. The van der Waals surface area contributed by atoms with Crippen LogP contribution in [0.15, 0.2) is 24.3 Å². The number of imide groups is 1. The van der Waals surface area contributed by atoms with Crippen LogP contribution >= 0.6 is 0 Å². The first-order valence-electron chi connectivity index (χ1n) is 7.98. The minimum Gasteiger partial charge on any atom is -0.390 e. The normalized spacial score (nSPS) is 22.0. The molecule has 0 saturated carbocycles. The fraction of sp³-hybridized carbons (Fsp3) is 0.529. The Hall–Kier alpha value is -1.92. The number of carbonyl (C=O) groups is 2. The van der Waals surface area contributed by atoms with Gasteiger partial charge in [0, 0.05) is 19.6 Å². The number of carbonyl (C=O) groups excluding carboxylic acids is 2. The lowest BCUT2D eigenvalue weighted by molar-refractivity contribution is -0.131. The van der Waals surface area contributed by atoms with Crippen molar-refractivity contribution in [3.05, 3.63) is 35.4 Å². The lowest BCUT2D eigenvalue weighted by atomic mass is 10.00. The Kier molecular flexibility index (Phi) is 4.12. The largest absolute Gasteiger partial charge is 0.390 e. The molecule has 0 bridgehead atoms. The molecule has 1 saturated heterocycles. The van der Waals surface area contributed by atoms with Crippen LogP contribution in [-0.2, 0) is 17.8 Å². The molecule has 1 aromatic rings. The highest BCUT2D eigenvalue weighted by Crippen LogP contribution is 2.20. The number of nitrogens with zero attached hydrogens (tertiary/aromatic N) is 2. The van der Waals surface area contributed by atoms with Crippen molar-refractivity contribution in [2.75, 3.05) is 19.6 Å². The van der Waals surface area contributed by atoms with Crippen LogP contribution in [0.1, 0.15) is 25.0 Å². The Morgan fingerprint density at radius 3 is 2.57 bits per heavy atom. The highest BCUT2D eigenvalue weighted by molar-refractivity contribution is 6.06. The monoisotopic (exact) mass is 317 g/mol. The van der Waals surface area contributed by atoms with Crippen molar-refractivity contribution in [3.8, 4) is 0 Å². The van der Waals surface area contributed by atoms with Gasteiger partial charge in [0.2, 0.25) is 0 Å². The summed E-state index contributed by atoms with van der Waals surface area (Å²) in [5.74, 6) is -0.287. The van der Waals surface area contributed by atoms with E-state index in [0.29, 0.717) is 6.54 Å². The number of aliphatic hydroxyl groups excluding tert-OH is 1. The zero-order chi connectivity index (χ0) is 16.6.